The molecule has 3 nitrogen and oxygen atoms in total. The van der Waals surface area contributed by atoms with E-state index in [1.54, 1.807) is 0 Å². The number of aromatic nitrogens is 2. The number of halogens is 1. The monoisotopic (exact) mass is 303 g/mol. The van der Waals surface area contributed by atoms with Crippen molar-refractivity contribution in [1.82, 2.24) is 15.1 Å². The number of nitrogens with zero attached hydrogens (tertiary/aromatic N) is 2. The van der Waals surface area contributed by atoms with Crippen LogP contribution in [0.2, 0.25) is 0 Å². The van der Waals surface area contributed by atoms with E-state index >= 15 is 0 Å². The molecule has 90 valence electrons. The molecule has 2 rings (SSSR count). The van der Waals surface area contributed by atoms with Crippen molar-refractivity contribution in [3.8, 4) is 0 Å². The molecule has 0 amide bonds. The number of rotatable bonds is 4. The van der Waals surface area contributed by atoms with Crippen LogP contribution in [0.25, 0.3) is 0 Å². The highest BCUT2D eigenvalue weighted by atomic mass is 79.9. The second kappa shape index (κ2) is 5.56. The fourth-order valence-corrected chi connectivity index (χ4v) is 3.74. The first-order valence-corrected chi connectivity index (χ1v) is 7.53. The van der Waals surface area contributed by atoms with Gasteiger partial charge in [-0.2, -0.15) is 16.9 Å². The highest BCUT2D eigenvalue weighted by Gasteiger charge is 2.16. The van der Waals surface area contributed by atoms with Crippen LogP contribution in [0.3, 0.4) is 0 Å². The molecule has 0 bridgehead atoms. The van der Waals surface area contributed by atoms with Crippen LogP contribution in [0.4, 0.5) is 0 Å². The van der Waals surface area contributed by atoms with Crippen molar-refractivity contribution < 1.29 is 0 Å². The van der Waals surface area contributed by atoms with Crippen LogP contribution in [0.5, 0.6) is 0 Å². The topological polar surface area (TPSA) is 29.9 Å². The van der Waals surface area contributed by atoms with Gasteiger partial charge in [-0.25, -0.2) is 0 Å². The van der Waals surface area contributed by atoms with Crippen LogP contribution in [-0.4, -0.2) is 27.3 Å². The molecule has 1 N–H and O–H groups in total. The van der Waals surface area contributed by atoms with Gasteiger partial charge >= 0.3 is 0 Å². The van der Waals surface area contributed by atoms with Crippen molar-refractivity contribution >= 4 is 27.7 Å². The second-order valence-corrected chi connectivity index (χ2v) is 6.44. The summed E-state index contributed by atoms with van der Waals surface area (Å²) in [5, 5.41) is 8.73. The summed E-state index contributed by atoms with van der Waals surface area (Å²) in [5.41, 5.74) is 2.30. The van der Waals surface area contributed by atoms with E-state index in [2.05, 4.69) is 38.1 Å². The Balaban J connectivity index is 1.84. The van der Waals surface area contributed by atoms with Gasteiger partial charge in [-0.15, -0.1) is 0 Å². The Hall–Kier alpha value is -0.000000000000000111. The van der Waals surface area contributed by atoms with Crippen molar-refractivity contribution in [2.75, 3.05) is 12.3 Å². The maximum atomic E-state index is 4.39. The number of aryl methyl sites for hydroxylation is 2. The zero-order valence-corrected chi connectivity index (χ0v) is 12.2. The largest absolute Gasteiger partial charge is 0.310 e. The molecule has 1 aromatic rings. The van der Waals surface area contributed by atoms with E-state index in [0.29, 0.717) is 0 Å². The Labute approximate surface area is 109 Å². The van der Waals surface area contributed by atoms with E-state index in [4.69, 9.17) is 0 Å². The minimum absolute atomic E-state index is 0.813. The Morgan fingerprint density at radius 2 is 2.44 bits per heavy atom. The highest BCUT2D eigenvalue weighted by Crippen LogP contribution is 2.25. The lowest BCUT2D eigenvalue weighted by Gasteiger charge is -2.10. The molecule has 1 aliphatic rings. The van der Waals surface area contributed by atoms with Crippen LogP contribution in [-0.2, 0) is 13.6 Å². The Morgan fingerprint density at radius 1 is 1.62 bits per heavy atom. The van der Waals surface area contributed by atoms with Crippen LogP contribution in [0, 0.1) is 6.92 Å². The molecule has 2 heterocycles. The van der Waals surface area contributed by atoms with E-state index in [0.717, 1.165) is 28.5 Å². The lowest BCUT2D eigenvalue weighted by molar-refractivity contribution is 0.604. The SMILES string of the molecule is Cc1nn(C)c(CNCC2CCCS2)c1Br. The summed E-state index contributed by atoms with van der Waals surface area (Å²) >= 11 is 5.68. The molecular formula is C11H18BrN3S. The van der Waals surface area contributed by atoms with Gasteiger partial charge in [0.1, 0.15) is 0 Å². The third-order valence-corrected chi connectivity index (χ3v) is 5.38. The maximum Gasteiger partial charge on any atom is 0.0739 e. The van der Waals surface area contributed by atoms with Crippen LogP contribution < -0.4 is 5.32 Å². The minimum Gasteiger partial charge on any atom is -0.310 e. The van der Waals surface area contributed by atoms with Gasteiger partial charge in [-0.1, -0.05) is 0 Å². The van der Waals surface area contributed by atoms with Crippen molar-refractivity contribution in [2.45, 2.75) is 31.6 Å². The molecule has 0 aromatic carbocycles. The van der Waals surface area contributed by atoms with Gasteiger partial charge in [0.15, 0.2) is 0 Å². The zero-order chi connectivity index (χ0) is 11.5. The van der Waals surface area contributed by atoms with Crippen molar-refractivity contribution in [3.63, 3.8) is 0 Å². The molecule has 0 radical (unpaired) electrons. The molecule has 1 aliphatic heterocycles. The third-order valence-electron chi connectivity index (χ3n) is 2.95. The van der Waals surface area contributed by atoms with Gasteiger partial charge in [0, 0.05) is 25.4 Å². The van der Waals surface area contributed by atoms with Gasteiger partial charge in [0.2, 0.25) is 0 Å². The summed E-state index contributed by atoms with van der Waals surface area (Å²) in [6.07, 6.45) is 2.74. The number of thioether (sulfide) groups is 1. The fraction of sp³-hybridized carbons (Fsp3) is 0.727. The van der Waals surface area contributed by atoms with Gasteiger partial charge in [-0.05, 0) is 41.4 Å². The first kappa shape index (κ1) is 12.5. The van der Waals surface area contributed by atoms with Gasteiger partial charge in [-0.3, -0.25) is 4.68 Å². The van der Waals surface area contributed by atoms with Crippen LogP contribution in [0.15, 0.2) is 4.47 Å². The first-order chi connectivity index (χ1) is 7.68. The average Bonchev–Trinajstić information content (AvgIpc) is 2.82. The molecular weight excluding hydrogens is 286 g/mol. The van der Waals surface area contributed by atoms with E-state index in [-0.39, 0.29) is 0 Å². The van der Waals surface area contributed by atoms with Crippen LogP contribution >= 0.6 is 27.7 Å². The predicted octanol–water partition coefficient (Wildman–Crippen LogP) is 2.48. The molecule has 5 heteroatoms. The summed E-state index contributed by atoms with van der Waals surface area (Å²) in [5.74, 6) is 1.33. The number of hydrogen-bond acceptors (Lipinski definition) is 3. The summed E-state index contributed by atoms with van der Waals surface area (Å²) in [7, 11) is 2.00. The van der Waals surface area contributed by atoms with Gasteiger partial charge in [0.25, 0.3) is 0 Å². The van der Waals surface area contributed by atoms with E-state index < -0.39 is 0 Å². The molecule has 1 fully saturated rings. The molecule has 16 heavy (non-hydrogen) atoms. The molecule has 1 atom stereocenters. The van der Waals surface area contributed by atoms with E-state index in [1.165, 1.54) is 24.3 Å². The highest BCUT2D eigenvalue weighted by molar-refractivity contribution is 9.10. The molecule has 1 aromatic heterocycles. The summed E-state index contributed by atoms with van der Waals surface area (Å²) < 4.78 is 3.09. The molecule has 0 saturated carbocycles. The van der Waals surface area contributed by atoms with E-state index in [1.807, 2.05) is 18.7 Å². The lowest BCUT2D eigenvalue weighted by Crippen LogP contribution is -2.23. The quantitative estimate of drug-likeness (QED) is 0.927. The molecule has 1 unspecified atom stereocenters. The Bertz CT molecular complexity index is 358. The molecule has 0 spiro atoms. The normalized spacial score (nSPS) is 20.6. The average molecular weight is 304 g/mol. The summed E-state index contributed by atoms with van der Waals surface area (Å²) in [6, 6.07) is 0. The number of nitrogens with one attached hydrogen (secondary N) is 1. The minimum atomic E-state index is 0.813. The summed E-state index contributed by atoms with van der Waals surface area (Å²) in [6.45, 7) is 4.04. The Morgan fingerprint density at radius 3 is 3.00 bits per heavy atom. The first-order valence-electron chi connectivity index (χ1n) is 5.68. The lowest BCUT2D eigenvalue weighted by atomic mass is 10.2. The van der Waals surface area contributed by atoms with Gasteiger partial charge in [0.05, 0.1) is 15.9 Å². The van der Waals surface area contributed by atoms with Crippen molar-refractivity contribution in [2.24, 2.45) is 7.05 Å². The standard InChI is InChI=1S/C11H18BrN3S/c1-8-11(12)10(15(2)14-8)7-13-6-9-4-3-5-16-9/h9,13H,3-7H2,1-2H3. The van der Waals surface area contributed by atoms with Gasteiger partial charge < -0.3 is 5.32 Å². The number of hydrogen-bond donors (Lipinski definition) is 1. The third kappa shape index (κ3) is 2.81. The molecule has 1 saturated heterocycles. The fourth-order valence-electron chi connectivity index (χ4n) is 2.03. The smallest absolute Gasteiger partial charge is 0.0739 e. The Kier molecular flexibility index (Phi) is 4.33. The maximum absolute atomic E-state index is 4.39. The van der Waals surface area contributed by atoms with Crippen LogP contribution in [0.1, 0.15) is 24.2 Å². The predicted molar refractivity (Wildman–Crippen MR) is 72.8 cm³/mol. The zero-order valence-electron chi connectivity index (χ0n) is 9.79. The van der Waals surface area contributed by atoms with E-state index in [9.17, 15) is 0 Å². The van der Waals surface area contributed by atoms with Crippen molar-refractivity contribution in [3.05, 3.63) is 15.9 Å². The summed E-state index contributed by atoms with van der Waals surface area (Å²) in [4.78, 5) is 0. The van der Waals surface area contributed by atoms with Crippen molar-refractivity contribution in [1.29, 1.82) is 0 Å². The molecule has 0 aliphatic carbocycles. The second-order valence-electron chi connectivity index (χ2n) is 4.24.